The topological polar surface area (TPSA) is 135 Å². The Morgan fingerprint density at radius 2 is 2.33 bits per heavy atom. The number of carbonyl (C=O) groups is 2. The Kier molecular flexibility index (Phi) is 4.56. The molecule has 3 N–H and O–H groups in total. The van der Waals surface area contributed by atoms with E-state index < -0.39 is 12.7 Å². The van der Waals surface area contributed by atoms with Crippen molar-refractivity contribution in [3.05, 3.63) is 10.4 Å². The number of Topliss-reactive ketones (excluding diaryl/α,β-unsaturated/α-hetero) is 1. The van der Waals surface area contributed by atoms with Crippen LogP contribution in [0.5, 0.6) is 0 Å². The summed E-state index contributed by atoms with van der Waals surface area (Å²) in [6, 6.07) is 0. The van der Waals surface area contributed by atoms with Gasteiger partial charge in [-0.25, -0.2) is 0 Å². The highest BCUT2D eigenvalue weighted by molar-refractivity contribution is 6.40. The highest BCUT2D eigenvalue weighted by Crippen LogP contribution is 2.51. The third kappa shape index (κ3) is 2.77. The van der Waals surface area contributed by atoms with Crippen molar-refractivity contribution < 1.29 is 19.6 Å². The van der Waals surface area contributed by atoms with Gasteiger partial charge in [-0.15, -0.1) is 0 Å². The Hall–Kier alpha value is -1.57. The summed E-state index contributed by atoms with van der Waals surface area (Å²) in [7, 11) is -1.41. The van der Waals surface area contributed by atoms with Crippen molar-refractivity contribution in [2.75, 3.05) is 6.54 Å². The molecule has 0 aromatic heterocycles. The number of hydrogen-bond acceptors (Lipinski definition) is 5. The molecule has 2 rings (SSSR count). The highest BCUT2D eigenvalue weighted by atomic mass is 16.4. The smallest absolute Gasteiger partial charge is 0.427 e. The summed E-state index contributed by atoms with van der Waals surface area (Å²) in [6.07, 6.45) is 1.45. The van der Waals surface area contributed by atoms with E-state index in [4.69, 9.17) is 15.6 Å². The molecule has 1 heterocycles. The first-order valence-corrected chi connectivity index (χ1v) is 7.13. The van der Waals surface area contributed by atoms with Crippen LogP contribution < -0.4 is 5.32 Å². The van der Waals surface area contributed by atoms with E-state index in [-0.39, 0.29) is 35.8 Å². The summed E-state index contributed by atoms with van der Waals surface area (Å²) in [6.45, 7) is 1.89. The molecule has 0 aromatic carbocycles. The molecule has 0 radical (unpaired) electrons. The minimum absolute atomic E-state index is 0.00375. The summed E-state index contributed by atoms with van der Waals surface area (Å²) in [5, 5.41) is 24.4. The second-order valence-electron chi connectivity index (χ2n) is 5.92. The normalized spacial score (nSPS) is 34.0. The van der Waals surface area contributed by atoms with E-state index in [1.165, 1.54) is 6.92 Å². The maximum atomic E-state index is 12.1. The second kappa shape index (κ2) is 6.05. The molecule has 8 nitrogen and oxygen atoms in total. The lowest BCUT2D eigenvalue weighted by Crippen LogP contribution is -2.43. The Morgan fingerprint density at radius 1 is 1.62 bits per heavy atom. The fraction of sp³-hybridized carbons (Fsp3) is 0.833. The second-order valence-corrected chi connectivity index (χ2v) is 5.92. The molecule has 114 valence electrons. The Balaban J connectivity index is 2.28. The summed E-state index contributed by atoms with van der Waals surface area (Å²) < 4.78 is 0. The first-order chi connectivity index (χ1) is 9.92. The van der Waals surface area contributed by atoms with E-state index in [1.807, 2.05) is 0 Å². The summed E-state index contributed by atoms with van der Waals surface area (Å²) >= 11 is 0. The van der Waals surface area contributed by atoms with Crippen LogP contribution >= 0.6 is 0 Å². The predicted molar refractivity (Wildman–Crippen MR) is 74.9 cm³/mol. The van der Waals surface area contributed by atoms with Crippen LogP contribution in [0.1, 0.15) is 26.2 Å². The Morgan fingerprint density at radius 3 is 2.90 bits per heavy atom. The fourth-order valence-electron chi connectivity index (χ4n) is 3.86. The number of azide groups is 1. The number of amides is 1. The molecule has 0 aromatic rings. The van der Waals surface area contributed by atoms with Gasteiger partial charge in [0.2, 0.25) is 5.91 Å². The first-order valence-electron chi connectivity index (χ1n) is 7.13. The van der Waals surface area contributed by atoms with Gasteiger partial charge in [-0.1, -0.05) is 11.5 Å². The zero-order chi connectivity index (χ0) is 15.6. The van der Waals surface area contributed by atoms with Gasteiger partial charge in [0.1, 0.15) is 11.3 Å². The van der Waals surface area contributed by atoms with Gasteiger partial charge in [-0.2, -0.15) is 0 Å². The summed E-state index contributed by atoms with van der Waals surface area (Å²) in [5.74, 6) is -1.05. The molecule has 1 aliphatic heterocycles. The molecule has 1 aliphatic carbocycles. The van der Waals surface area contributed by atoms with Crippen molar-refractivity contribution in [2.24, 2.45) is 22.9 Å². The maximum absolute atomic E-state index is 12.1. The molecule has 0 spiro atoms. The standard InChI is InChI=1S/C12H19BN4O4/c1-7(18)12(16-17-14)5-8-6-15-11(19)10(8)9(12)3-2-4-13(20)21/h8-10,20-21H,2-6H2,1H3,(H,15,19)/t8-,9-,10+,12+/m0/s1. The van der Waals surface area contributed by atoms with Crippen molar-refractivity contribution in [3.63, 3.8) is 0 Å². The minimum atomic E-state index is -1.41. The molecule has 4 atom stereocenters. The zero-order valence-electron chi connectivity index (χ0n) is 11.9. The summed E-state index contributed by atoms with van der Waals surface area (Å²) in [5.41, 5.74) is 7.65. The largest absolute Gasteiger partial charge is 0.451 e. The van der Waals surface area contributed by atoms with Crippen LogP contribution in [0.15, 0.2) is 5.11 Å². The monoisotopic (exact) mass is 294 g/mol. The van der Waals surface area contributed by atoms with Gasteiger partial charge in [-0.3, -0.25) is 9.59 Å². The number of ketones is 1. The molecule has 21 heavy (non-hydrogen) atoms. The number of nitrogens with one attached hydrogen (secondary N) is 1. The fourth-order valence-corrected chi connectivity index (χ4v) is 3.86. The Bertz CT molecular complexity index is 490. The lowest BCUT2D eigenvalue weighted by molar-refractivity contribution is -0.126. The predicted octanol–water partition coefficient (Wildman–Crippen LogP) is 0.260. The quantitative estimate of drug-likeness (QED) is 0.280. The minimum Gasteiger partial charge on any atom is -0.427 e. The molecule has 1 saturated carbocycles. The van der Waals surface area contributed by atoms with Crippen molar-refractivity contribution in [1.29, 1.82) is 0 Å². The van der Waals surface area contributed by atoms with Crippen LogP contribution in [-0.4, -0.2) is 40.9 Å². The van der Waals surface area contributed by atoms with Crippen LogP contribution in [0.25, 0.3) is 10.4 Å². The lowest BCUT2D eigenvalue weighted by atomic mass is 9.74. The van der Waals surface area contributed by atoms with Gasteiger partial charge in [-0.05, 0) is 43.5 Å². The van der Waals surface area contributed by atoms with E-state index in [2.05, 4.69) is 15.3 Å². The first kappa shape index (κ1) is 15.8. The van der Waals surface area contributed by atoms with E-state index >= 15 is 0 Å². The molecule has 0 unspecified atom stereocenters. The summed E-state index contributed by atoms with van der Waals surface area (Å²) in [4.78, 5) is 27.0. The van der Waals surface area contributed by atoms with Crippen LogP contribution in [0.2, 0.25) is 6.32 Å². The number of carbonyl (C=O) groups excluding carboxylic acids is 2. The maximum Gasteiger partial charge on any atom is 0.451 e. The highest BCUT2D eigenvalue weighted by Gasteiger charge is 2.59. The van der Waals surface area contributed by atoms with Gasteiger partial charge in [0.15, 0.2) is 0 Å². The van der Waals surface area contributed by atoms with Gasteiger partial charge < -0.3 is 15.4 Å². The van der Waals surface area contributed by atoms with Gasteiger partial charge >= 0.3 is 7.12 Å². The van der Waals surface area contributed by atoms with Crippen LogP contribution in [0, 0.1) is 17.8 Å². The molecule has 0 bridgehead atoms. The molecule has 1 saturated heterocycles. The molecule has 1 amide bonds. The SMILES string of the molecule is CC(=O)[C@]1(N=[N+]=[N-])C[C@H]2CNC(=O)[C@H]2[C@@H]1CCCB(O)O. The molecular weight excluding hydrogens is 275 g/mol. The van der Waals surface area contributed by atoms with Crippen molar-refractivity contribution in [3.8, 4) is 0 Å². The van der Waals surface area contributed by atoms with Gasteiger partial charge in [0.05, 0.1) is 0 Å². The molecular formula is C12H19BN4O4. The zero-order valence-corrected chi connectivity index (χ0v) is 11.9. The van der Waals surface area contributed by atoms with Gasteiger partial charge in [0, 0.05) is 17.4 Å². The van der Waals surface area contributed by atoms with E-state index in [0.29, 0.717) is 25.8 Å². The van der Waals surface area contributed by atoms with Gasteiger partial charge in [0.25, 0.3) is 0 Å². The molecule has 2 fully saturated rings. The van der Waals surface area contributed by atoms with Crippen molar-refractivity contribution in [1.82, 2.24) is 5.32 Å². The molecule has 2 aliphatic rings. The lowest BCUT2D eigenvalue weighted by Gasteiger charge is -2.30. The van der Waals surface area contributed by atoms with E-state index in [1.54, 1.807) is 0 Å². The van der Waals surface area contributed by atoms with Crippen LogP contribution in [-0.2, 0) is 9.59 Å². The number of nitrogens with zero attached hydrogens (tertiary/aromatic N) is 3. The Labute approximate surface area is 122 Å². The van der Waals surface area contributed by atoms with Crippen LogP contribution in [0.4, 0.5) is 0 Å². The van der Waals surface area contributed by atoms with Crippen molar-refractivity contribution in [2.45, 2.75) is 38.0 Å². The van der Waals surface area contributed by atoms with Crippen molar-refractivity contribution >= 4 is 18.8 Å². The molecule has 9 heteroatoms. The number of hydrogen-bond donors (Lipinski definition) is 3. The number of fused-ring (bicyclic) bond motifs is 1. The number of rotatable bonds is 6. The average Bonchev–Trinajstić information content (AvgIpc) is 2.89. The third-order valence-electron chi connectivity index (χ3n) is 4.78. The average molecular weight is 294 g/mol. The third-order valence-corrected chi connectivity index (χ3v) is 4.78. The van der Waals surface area contributed by atoms with E-state index in [9.17, 15) is 9.59 Å². The van der Waals surface area contributed by atoms with E-state index in [0.717, 1.165) is 0 Å². The van der Waals surface area contributed by atoms with Crippen LogP contribution in [0.3, 0.4) is 0 Å².